The zero-order valence-electron chi connectivity index (χ0n) is 4.01. The van der Waals surface area contributed by atoms with Crippen molar-refractivity contribution < 1.29 is 53.2 Å². The van der Waals surface area contributed by atoms with E-state index in [1.165, 1.54) is 22.3 Å². The third-order valence-corrected chi connectivity index (χ3v) is 2.14. The van der Waals surface area contributed by atoms with E-state index in [1.807, 2.05) is 0 Å². The van der Waals surface area contributed by atoms with E-state index in [2.05, 4.69) is 16.5 Å². The molecule has 2 N–H and O–H groups in total. The summed E-state index contributed by atoms with van der Waals surface area (Å²) in [7, 11) is -4.00. The molecule has 0 fully saturated rings. The molecule has 0 aromatic heterocycles. The molecule has 9 heavy (non-hydrogen) atoms. The zero-order chi connectivity index (χ0) is 7.21. The quantitative estimate of drug-likeness (QED) is 0.420. The molecule has 0 radical (unpaired) electrons. The summed E-state index contributed by atoms with van der Waals surface area (Å²) in [6.45, 7) is 0. The van der Waals surface area contributed by atoms with Crippen LogP contribution < -0.4 is 0 Å². The first kappa shape index (κ1) is 17.4. The molecule has 0 rings (SSSR count). The van der Waals surface area contributed by atoms with Gasteiger partial charge in [-0.1, -0.05) is 0 Å². The summed E-state index contributed by atoms with van der Waals surface area (Å²) in [4.78, 5) is 15.5. The molecule has 0 heterocycles. The van der Waals surface area contributed by atoms with Crippen molar-refractivity contribution in [2.24, 2.45) is 0 Å². The van der Waals surface area contributed by atoms with Gasteiger partial charge in [0.05, 0.1) is 0 Å². The van der Waals surface area contributed by atoms with Crippen molar-refractivity contribution in [1.29, 1.82) is 0 Å². The zero-order valence-corrected chi connectivity index (χ0v) is 10.5. The van der Waals surface area contributed by atoms with Gasteiger partial charge in [-0.2, -0.15) is 0 Å². The van der Waals surface area contributed by atoms with E-state index in [9.17, 15) is 4.57 Å². The van der Waals surface area contributed by atoms with Gasteiger partial charge in [-0.15, -0.1) is 0 Å². The van der Waals surface area contributed by atoms with Gasteiger partial charge >= 0.3 is 61.3 Å². The van der Waals surface area contributed by atoms with E-state index in [4.69, 9.17) is 9.79 Å². The van der Waals surface area contributed by atoms with Crippen molar-refractivity contribution in [2.75, 3.05) is 0 Å². The Bertz CT molecular complexity index is 84.6. The molecular weight excluding hydrogens is 277 g/mol. The summed E-state index contributed by atoms with van der Waals surface area (Å²) in [5, 5.41) is 0. The Morgan fingerprint density at radius 3 is 1.67 bits per heavy atom. The third kappa shape index (κ3) is 25.2. The minimum absolute atomic E-state index is 0. The van der Waals surface area contributed by atoms with E-state index >= 15 is 0 Å². The molecule has 0 atom stereocenters. The van der Waals surface area contributed by atoms with Crippen LogP contribution in [0.1, 0.15) is 0 Å². The van der Waals surface area contributed by atoms with Crippen LogP contribution in [0, 0.1) is 0 Å². The summed E-state index contributed by atoms with van der Waals surface area (Å²) < 4.78 is 13.2. The second kappa shape index (κ2) is 10.3. The molecule has 0 aromatic rings. The molecule has 0 aliphatic carbocycles. The molecule has 0 saturated carbocycles. The number of rotatable bonds is 1. The molecule has 52 valence electrons. The normalized spacial score (nSPS) is 8.67. The summed E-state index contributed by atoms with van der Waals surface area (Å²) in [6, 6.07) is 0. The predicted molar refractivity (Wildman–Crippen MR) is 30.2 cm³/mol. The Morgan fingerprint density at radius 2 is 1.67 bits per heavy atom. The van der Waals surface area contributed by atoms with Crippen molar-refractivity contribution in [3.05, 3.63) is 0 Å². The van der Waals surface area contributed by atoms with E-state index in [0.29, 0.717) is 0 Å². The van der Waals surface area contributed by atoms with Gasteiger partial charge in [0.1, 0.15) is 0 Å². The fraction of sp³-hybridized carbons (Fsp3) is 0. The van der Waals surface area contributed by atoms with Crippen LogP contribution in [0.4, 0.5) is 0 Å². The third-order valence-electron chi connectivity index (χ3n) is 0.238. The summed E-state index contributed by atoms with van der Waals surface area (Å²) in [5.41, 5.74) is 0. The average Bonchev–Trinajstić information content (AvgIpc) is 1.71. The second-order valence-corrected chi connectivity index (χ2v) is 3.11. The first-order valence-electron chi connectivity index (χ1n) is 1.35. The molecule has 0 aromatic carbocycles. The second-order valence-electron chi connectivity index (χ2n) is 0.673. The summed E-state index contributed by atoms with van der Waals surface area (Å²) >= 11 is 4.64. The Balaban J connectivity index is -0.000000109. The molecule has 0 bridgehead atoms. The van der Waals surface area contributed by atoms with E-state index in [1.54, 1.807) is 0 Å². The molecule has 0 aliphatic heterocycles. The van der Waals surface area contributed by atoms with Crippen LogP contribution in [-0.2, 0) is 43.4 Å². The molecule has 0 spiro atoms. The Hall–Kier alpha value is 2.33. The van der Waals surface area contributed by atoms with Crippen LogP contribution in [-0.4, -0.2) is 39.1 Å². The van der Waals surface area contributed by atoms with E-state index in [0.717, 1.165) is 0 Å². The van der Waals surface area contributed by atoms with Crippen LogP contribution in [0.5, 0.6) is 0 Å². The van der Waals surface area contributed by atoms with Crippen molar-refractivity contribution in [3.8, 4) is 0 Å². The van der Waals surface area contributed by atoms with Crippen LogP contribution in [0.15, 0.2) is 0 Å². The molecule has 0 aliphatic rings. The number of phosphoric acid groups is 1. The summed E-state index contributed by atoms with van der Waals surface area (Å²) in [5.74, 6) is 0. The van der Waals surface area contributed by atoms with Gasteiger partial charge in [0, 0.05) is 0 Å². The Morgan fingerprint density at radius 1 is 1.56 bits per heavy atom. The monoisotopic (exact) mass is 282 g/mol. The van der Waals surface area contributed by atoms with Gasteiger partial charge in [-0.05, 0) is 0 Å². The van der Waals surface area contributed by atoms with Crippen molar-refractivity contribution in [3.63, 3.8) is 0 Å². The minimum atomic E-state index is -4.08. The maximum atomic E-state index is 9.51. The van der Waals surface area contributed by atoms with Crippen LogP contribution in [0.3, 0.4) is 0 Å². The van der Waals surface area contributed by atoms with Crippen LogP contribution >= 0.6 is 7.82 Å². The van der Waals surface area contributed by atoms with Crippen molar-refractivity contribution in [1.82, 2.24) is 0 Å². The first-order valence-corrected chi connectivity index (χ1v) is 7.83. The van der Waals surface area contributed by atoms with Crippen molar-refractivity contribution >= 4 is 37.2 Å². The Kier molecular flexibility index (Phi) is 20.0. The topological polar surface area (TPSA) is 66.8 Å². The van der Waals surface area contributed by atoms with Gasteiger partial charge in [-0.25, -0.2) is 4.57 Å². The molecule has 0 amide bonds. The summed E-state index contributed by atoms with van der Waals surface area (Å²) in [6.07, 6.45) is 0. The molecular formula is H6FeLiO4PSiZr. The Labute approximate surface area is 89.4 Å². The maximum absolute atomic E-state index is 9.51. The van der Waals surface area contributed by atoms with Gasteiger partial charge < -0.3 is 14.0 Å². The molecule has 0 unspecified atom stereocenters. The molecule has 0 saturated heterocycles. The van der Waals surface area contributed by atoms with E-state index < -0.39 is 7.82 Å². The number of hydrogen-bond donors (Lipinski definition) is 2. The molecule has 4 nitrogen and oxygen atoms in total. The fourth-order valence-corrected chi connectivity index (χ4v) is 0. The van der Waals surface area contributed by atoms with Crippen molar-refractivity contribution in [2.45, 2.75) is 0 Å². The van der Waals surface area contributed by atoms with Crippen LogP contribution in [0.25, 0.3) is 0 Å². The fourth-order valence-electron chi connectivity index (χ4n) is 0. The van der Waals surface area contributed by atoms with Gasteiger partial charge in [0.2, 0.25) is 0 Å². The SMILES string of the molecule is O=P(O)(O)O[SiH3].[Fe][Zr].[LiH]. The van der Waals surface area contributed by atoms with Gasteiger partial charge in [0.15, 0.2) is 10.5 Å². The van der Waals surface area contributed by atoms with Crippen LogP contribution in [0.2, 0.25) is 0 Å². The predicted octanol–water partition coefficient (Wildman–Crippen LogP) is -2.28. The van der Waals surface area contributed by atoms with Gasteiger partial charge in [-0.3, -0.25) is 0 Å². The standard InChI is InChI=1S/Fe.Li.H5O4PSi.Zr.H/c;;1-5(2,3)4-6;;/h;;6H3,(H2,1,2,3);;. The number of hydrogen-bond acceptors (Lipinski definition) is 2. The van der Waals surface area contributed by atoms with E-state index in [-0.39, 0.29) is 29.3 Å². The molecule has 9 heteroatoms. The first-order chi connectivity index (χ1) is 3.56. The van der Waals surface area contributed by atoms with Gasteiger partial charge in [0.25, 0.3) is 0 Å². The average molecular weight is 283 g/mol.